The standard InChI is InChI=1S/C24H24ClN5O5/c1-34-22-15(25)3-2-4-17(22)29-21-19-16(6-9-27-23(19)31)28-20(21)14-5-8-26-11-18(14)35-12-13-7-10-30(13)24(32)33/h2-5,8,11,13,28-29H,6-7,9-10,12H2,1H3,(H,27,31)(H,32,33)/t13-/m0/s1. The molecule has 2 amide bonds. The quantitative estimate of drug-likeness (QED) is 0.389. The van der Waals surface area contributed by atoms with Crippen LogP contribution in [0.25, 0.3) is 11.3 Å². The maximum Gasteiger partial charge on any atom is 0.407 e. The molecule has 0 radical (unpaired) electrons. The number of pyridine rings is 1. The Balaban J connectivity index is 1.54. The number of carbonyl (C=O) groups excluding carboxylic acids is 1. The SMILES string of the molecule is COc1c(Cl)cccc1Nc1c(-c2ccncc2OC[C@@H]2CCN2C(=O)O)[nH]c2c1C(=O)NCC2. The van der Waals surface area contributed by atoms with Gasteiger partial charge in [-0.3, -0.25) is 9.78 Å². The van der Waals surface area contributed by atoms with Crippen molar-refractivity contribution < 1.29 is 24.2 Å². The van der Waals surface area contributed by atoms with E-state index < -0.39 is 6.09 Å². The summed E-state index contributed by atoms with van der Waals surface area (Å²) < 4.78 is 11.5. The fourth-order valence-electron chi connectivity index (χ4n) is 4.41. The summed E-state index contributed by atoms with van der Waals surface area (Å²) in [5.74, 6) is 0.737. The maximum absolute atomic E-state index is 12.9. The van der Waals surface area contributed by atoms with E-state index in [9.17, 15) is 14.7 Å². The van der Waals surface area contributed by atoms with E-state index in [0.29, 0.717) is 64.2 Å². The summed E-state index contributed by atoms with van der Waals surface area (Å²) >= 11 is 6.32. The van der Waals surface area contributed by atoms with Crippen molar-refractivity contribution in [3.8, 4) is 22.8 Å². The van der Waals surface area contributed by atoms with Gasteiger partial charge in [0.05, 0.1) is 47.0 Å². The van der Waals surface area contributed by atoms with Crippen LogP contribution in [-0.4, -0.2) is 64.8 Å². The molecule has 0 spiro atoms. The van der Waals surface area contributed by atoms with Crippen LogP contribution >= 0.6 is 11.6 Å². The number of H-pyrrole nitrogens is 1. The third-order valence-corrected chi connectivity index (χ3v) is 6.57. The highest BCUT2D eigenvalue weighted by Crippen LogP contribution is 2.43. The number of carbonyl (C=O) groups is 2. The van der Waals surface area contributed by atoms with E-state index in [-0.39, 0.29) is 18.6 Å². The zero-order valence-electron chi connectivity index (χ0n) is 18.9. The monoisotopic (exact) mass is 497 g/mol. The number of benzene rings is 1. The average Bonchev–Trinajstić information content (AvgIpc) is 3.18. The highest BCUT2D eigenvalue weighted by molar-refractivity contribution is 6.32. The van der Waals surface area contributed by atoms with Crippen molar-refractivity contribution in [3.05, 3.63) is 52.9 Å². The first-order valence-electron chi connectivity index (χ1n) is 11.2. The first kappa shape index (κ1) is 22.9. The largest absolute Gasteiger partial charge is 0.493 e. The molecule has 11 heteroatoms. The summed E-state index contributed by atoms with van der Waals surface area (Å²) in [6.07, 6.45) is 3.64. The number of rotatable bonds is 7. The van der Waals surface area contributed by atoms with Gasteiger partial charge in [0.25, 0.3) is 5.91 Å². The molecule has 5 rings (SSSR count). The number of aromatic amines is 1. The highest BCUT2D eigenvalue weighted by atomic mass is 35.5. The van der Waals surface area contributed by atoms with Gasteiger partial charge in [0.1, 0.15) is 12.4 Å². The van der Waals surface area contributed by atoms with E-state index in [1.54, 1.807) is 30.6 Å². The molecule has 2 aliphatic heterocycles. The molecule has 3 aromatic rings. The van der Waals surface area contributed by atoms with Gasteiger partial charge in [0.15, 0.2) is 5.75 Å². The van der Waals surface area contributed by atoms with E-state index in [1.165, 1.54) is 12.0 Å². The number of hydrogen-bond donors (Lipinski definition) is 4. The van der Waals surface area contributed by atoms with Crippen molar-refractivity contribution in [2.45, 2.75) is 18.9 Å². The number of amides is 2. The van der Waals surface area contributed by atoms with Crippen molar-refractivity contribution in [2.24, 2.45) is 0 Å². The van der Waals surface area contributed by atoms with Crippen LogP contribution in [0, 0.1) is 0 Å². The molecule has 1 saturated heterocycles. The fraction of sp³-hybridized carbons (Fsp3) is 0.292. The molecule has 182 valence electrons. The van der Waals surface area contributed by atoms with Crippen molar-refractivity contribution in [1.82, 2.24) is 20.2 Å². The fourth-order valence-corrected chi connectivity index (χ4v) is 4.66. The molecule has 35 heavy (non-hydrogen) atoms. The molecule has 0 unspecified atom stereocenters. The Morgan fingerprint density at radius 1 is 1.37 bits per heavy atom. The molecule has 1 aromatic carbocycles. The van der Waals surface area contributed by atoms with Crippen LogP contribution in [0.15, 0.2) is 36.7 Å². The molecule has 1 atom stereocenters. The van der Waals surface area contributed by atoms with Gasteiger partial charge in [-0.05, 0) is 24.6 Å². The summed E-state index contributed by atoms with van der Waals surface area (Å²) in [5.41, 5.74) is 3.80. The molecule has 0 saturated carbocycles. The minimum absolute atomic E-state index is 0.194. The summed E-state index contributed by atoms with van der Waals surface area (Å²) in [5, 5.41) is 15.9. The summed E-state index contributed by atoms with van der Waals surface area (Å²) in [4.78, 5) is 33.1. The normalized spacial score (nSPS) is 16.7. The minimum Gasteiger partial charge on any atom is -0.493 e. The summed E-state index contributed by atoms with van der Waals surface area (Å²) in [7, 11) is 1.53. The molecule has 0 aliphatic carbocycles. The lowest BCUT2D eigenvalue weighted by molar-refractivity contribution is 0.0500. The number of hydrogen-bond acceptors (Lipinski definition) is 6. The molecule has 2 aliphatic rings. The number of likely N-dealkylation sites (tertiary alicyclic amines) is 1. The zero-order chi connectivity index (χ0) is 24.5. The third kappa shape index (κ3) is 4.21. The number of para-hydroxylation sites is 1. The molecular weight excluding hydrogens is 474 g/mol. The Morgan fingerprint density at radius 2 is 2.23 bits per heavy atom. The molecular formula is C24H24ClN5O5. The second-order valence-electron chi connectivity index (χ2n) is 8.28. The number of anilines is 2. The number of aromatic nitrogens is 2. The molecule has 0 bridgehead atoms. The van der Waals surface area contributed by atoms with Gasteiger partial charge < -0.3 is 35.1 Å². The third-order valence-electron chi connectivity index (χ3n) is 6.27. The topological polar surface area (TPSA) is 129 Å². The van der Waals surface area contributed by atoms with E-state index in [0.717, 1.165) is 12.1 Å². The van der Waals surface area contributed by atoms with Crippen molar-refractivity contribution >= 4 is 35.0 Å². The second-order valence-corrected chi connectivity index (χ2v) is 8.69. The number of fused-ring (bicyclic) bond motifs is 1. The first-order chi connectivity index (χ1) is 17.0. The Bertz CT molecular complexity index is 1290. The van der Waals surface area contributed by atoms with E-state index in [1.807, 2.05) is 6.07 Å². The Morgan fingerprint density at radius 3 is 2.97 bits per heavy atom. The predicted octanol–water partition coefficient (Wildman–Crippen LogP) is 3.90. The molecule has 4 N–H and O–H groups in total. The first-order valence-corrected chi connectivity index (χ1v) is 11.5. The van der Waals surface area contributed by atoms with Crippen LogP contribution in [-0.2, 0) is 6.42 Å². The number of methoxy groups -OCH3 is 1. The lowest BCUT2D eigenvalue weighted by Gasteiger charge is -2.38. The van der Waals surface area contributed by atoms with Crippen molar-refractivity contribution in [2.75, 3.05) is 32.1 Å². The molecule has 10 nitrogen and oxygen atoms in total. The van der Waals surface area contributed by atoms with Crippen LogP contribution in [0.2, 0.25) is 5.02 Å². The van der Waals surface area contributed by atoms with Gasteiger partial charge in [-0.15, -0.1) is 0 Å². The molecule has 4 heterocycles. The van der Waals surface area contributed by atoms with Gasteiger partial charge >= 0.3 is 6.09 Å². The van der Waals surface area contributed by atoms with Crippen LogP contribution in [0.3, 0.4) is 0 Å². The highest BCUT2D eigenvalue weighted by Gasteiger charge is 2.33. The van der Waals surface area contributed by atoms with E-state index in [4.69, 9.17) is 21.1 Å². The smallest absolute Gasteiger partial charge is 0.407 e. The lowest BCUT2D eigenvalue weighted by atomic mass is 10.0. The number of ether oxygens (including phenoxy) is 2. The second kappa shape index (κ2) is 9.38. The number of nitrogens with one attached hydrogen (secondary N) is 3. The van der Waals surface area contributed by atoms with Gasteiger partial charge in [-0.2, -0.15) is 0 Å². The van der Waals surface area contributed by atoms with Gasteiger partial charge in [-0.25, -0.2) is 4.79 Å². The zero-order valence-corrected chi connectivity index (χ0v) is 19.7. The Hall–Kier alpha value is -3.92. The number of carboxylic acid groups (broad SMARTS) is 1. The van der Waals surface area contributed by atoms with E-state index in [2.05, 4.69) is 20.6 Å². The van der Waals surface area contributed by atoms with Gasteiger partial charge in [0, 0.05) is 37.0 Å². The molecule has 1 fully saturated rings. The maximum atomic E-state index is 12.9. The van der Waals surface area contributed by atoms with Crippen LogP contribution in [0.1, 0.15) is 22.5 Å². The average molecular weight is 498 g/mol. The van der Waals surface area contributed by atoms with Crippen LogP contribution in [0.5, 0.6) is 11.5 Å². The summed E-state index contributed by atoms with van der Waals surface area (Å²) in [6, 6.07) is 6.91. The van der Waals surface area contributed by atoms with Crippen molar-refractivity contribution in [3.63, 3.8) is 0 Å². The van der Waals surface area contributed by atoms with Gasteiger partial charge in [-0.1, -0.05) is 17.7 Å². The number of nitrogens with zero attached hydrogens (tertiary/aromatic N) is 2. The Labute approximate surface area is 206 Å². The Kier molecular flexibility index (Phi) is 6.12. The lowest BCUT2D eigenvalue weighted by Crippen LogP contribution is -2.53. The minimum atomic E-state index is -0.957. The van der Waals surface area contributed by atoms with Crippen LogP contribution < -0.4 is 20.1 Å². The number of halogens is 1. The van der Waals surface area contributed by atoms with Crippen molar-refractivity contribution in [1.29, 1.82) is 0 Å². The van der Waals surface area contributed by atoms with Gasteiger partial charge in [0.2, 0.25) is 0 Å². The summed E-state index contributed by atoms with van der Waals surface area (Å²) in [6.45, 7) is 1.23. The van der Waals surface area contributed by atoms with Crippen LogP contribution in [0.4, 0.5) is 16.2 Å². The van der Waals surface area contributed by atoms with E-state index >= 15 is 0 Å². The molecule has 2 aromatic heterocycles. The predicted molar refractivity (Wildman–Crippen MR) is 130 cm³/mol.